The van der Waals surface area contributed by atoms with Gasteiger partial charge in [-0.1, -0.05) is 0 Å². The standard InChI is InChI=1S/C11H11F2NO4/c12-7-1-2-9(8(13)4-7)14-5-6(11(17)18)3-10(15)16/h1-2,4,6,14H,3,5H2,(H,15,16)(H,17,18). The van der Waals surface area contributed by atoms with Gasteiger partial charge >= 0.3 is 11.9 Å². The highest BCUT2D eigenvalue weighted by atomic mass is 19.1. The number of carbonyl (C=O) groups is 2. The van der Waals surface area contributed by atoms with Crippen LogP contribution in [0.4, 0.5) is 14.5 Å². The highest BCUT2D eigenvalue weighted by Gasteiger charge is 2.21. The van der Waals surface area contributed by atoms with Crippen molar-refractivity contribution in [3.8, 4) is 0 Å². The van der Waals surface area contributed by atoms with E-state index < -0.39 is 35.9 Å². The zero-order chi connectivity index (χ0) is 13.7. The van der Waals surface area contributed by atoms with Crippen LogP contribution in [0.25, 0.3) is 0 Å². The minimum Gasteiger partial charge on any atom is -0.481 e. The zero-order valence-electron chi connectivity index (χ0n) is 9.19. The zero-order valence-corrected chi connectivity index (χ0v) is 9.19. The summed E-state index contributed by atoms with van der Waals surface area (Å²) in [6.07, 6.45) is -0.578. The Morgan fingerprint density at radius 1 is 1.28 bits per heavy atom. The molecule has 0 aliphatic heterocycles. The van der Waals surface area contributed by atoms with Crippen molar-refractivity contribution in [1.82, 2.24) is 0 Å². The molecule has 0 saturated carbocycles. The third-order valence-electron chi connectivity index (χ3n) is 2.24. The van der Waals surface area contributed by atoms with E-state index in [1.54, 1.807) is 0 Å². The average Bonchev–Trinajstić information content (AvgIpc) is 2.25. The van der Waals surface area contributed by atoms with Gasteiger partial charge in [0.15, 0.2) is 0 Å². The van der Waals surface area contributed by atoms with Crippen LogP contribution >= 0.6 is 0 Å². The van der Waals surface area contributed by atoms with Crippen molar-refractivity contribution in [2.24, 2.45) is 5.92 Å². The summed E-state index contributed by atoms with van der Waals surface area (Å²) in [5, 5.41) is 19.7. The van der Waals surface area contributed by atoms with Crippen molar-refractivity contribution in [3.05, 3.63) is 29.8 Å². The lowest BCUT2D eigenvalue weighted by Crippen LogP contribution is -2.25. The van der Waals surface area contributed by atoms with Crippen molar-refractivity contribution in [2.75, 3.05) is 11.9 Å². The molecule has 0 radical (unpaired) electrons. The van der Waals surface area contributed by atoms with E-state index in [1.165, 1.54) is 0 Å². The molecule has 0 amide bonds. The van der Waals surface area contributed by atoms with Gasteiger partial charge in [0.1, 0.15) is 11.6 Å². The highest BCUT2D eigenvalue weighted by Crippen LogP contribution is 2.16. The Morgan fingerprint density at radius 3 is 2.44 bits per heavy atom. The summed E-state index contributed by atoms with van der Waals surface area (Å²) in [4.78, 5) is 21.2. The average molecular weight is 259 g/mol. The smallest absolute Gasteiger partial charge is 0.308 e. The molecular weight excluding hydrogens is 248 g/mol. The monoisotopic (exact) mass is 259 g/mol. The molecule has 0 fully saturated rings. The van der Waals surface area contributed by atoms with Crippen LogP contribution in [0, 0.1) is 17.6 Å². The fourth-order valence-corrected chi connectivity index (χ4v) is 1.32. The molecule has 0 bridgehead atoms. The molecular formula is C11H11F2NO4. The minimum atomic E-state index is -1.30. The van der Waals surface area contributed by atoms with E-state index in [4.69, 9.17) is 10.2 Å². The fourth-order valence-electron chi connectivity index (χ4n) is 1.32. The predicted molar refractivity (Wildman–Crippen MR) is 58.2 cm³/mol. The number of aliphatic carboxylic acids is 2. The Kier molecular flexibility index (Phi) is 4.59. The molecule has 0 aliphatic rings. The molecule has 1 rings (SSSR count). The van der Waals surface area contributed by atoms with Crippen molar-refractivity contribution in [2.45, 2.75) is 6.42 Å². The van der Waals surface area contributed by atoms with Crippen molar-refractivity contribution in [3.63, 3.8) is 0 Å². The van der Waals surface area contributed by atoms with Crippen LogP contribution in [0.3, 0.4) is 0 Å². The van der Waals surface area contributed by atoms with Crippen LogP contribution in [0.2, 0.25) is 0 Å². The van der Waals surface area contributed by atoms with Gasteiger partial charge in [-0.2, -0.15) is 0 Å². The molecule has 18 heavy (non-hydrogen) atoms. The number of benzene rings is 1. The summed E-state index contributed by atoms with van der Waals surface area (Å²) in [7, 11) is 0. The van der Waals surface area contributed by atoms with Gasteiger partial charge in [0.2, 0.25) is 0 Å². The van der Waals surface area contributed by atoms with Crippen LogP contribution in [-0.2, 0) is 9.59 Å². The van der Waals surface area contributed by atoms with Gasteiger partial charge in [-0.05, 0) is 12.1 Å². The molecule has 5 nitrogen and oxygen atoms in total. The van der Waals surface area contributed by atoms with E-state index >= 15 is 0 Å². The lowest BCUT2D eigenvalue weighted by molar-refractivity contribution is -0.147. The third-order valence-corrected chi connectivity index (χ3v) is 2.24. The van der Waals surface area contributed by atoms with Crippen molar-refractivity contribution < 1.29 is 28.6 Å². The van der Waals surface area contributed by atoms with Crippen LogP contribution in [0.15, 0.2) is 18.2 Å². The molecule has 1 atom stereocenters. The van der Waals surface area contributed by atoms with E-state index in [0.29, 0.717) is 6.07 Å². The van der Waals surface area contributed by atoms with E-state index in [2.05, 4.69) is 5.32 Å². The van der Waals surface area contributed by atoms with Gasteiger partial charge < -0.3 is 15.5 Å². The number of hydrogen-bond acceptors (Lipinski definition) is 3. The SMILES string of the molecule is O=C(O)CC(CNc1ccc(F)cc1F)C(=O)O. The van der Waals surface area contributed by atoms with E-state index in [9.17, 15) is 18.4 Å². The van der Waals surface area contributed by atoms with Gasteiger partial charge in [-0.3, -0.25) is 9.59 Å². The number of carboxylic acid groups (broad SMARTS) is 2. The first-order chi connectivity index (χ1) is 8.40. The second kappa shape index (κ2) is 5.95. The van der Waals surface area contributed by atoms with E-state index in [0.717, 1.165) is 12.1 Å². The molecule has 1 aromatic rings. The molecule has 0 aliphatic carbocycles. The number of halogens is 2. The van der Waals surface area contributed by atoms with Gasteiger partial charge in [0, 0.05) is 12.6 Å². The summed E-state index contributed by atoms with van der Waals surface area (Å²) >= 11 is 0. The van der Waals surface area contributed by atoms with Gasteiger partial charge in [0.05, 0.1) is 18.0 Å². The molecule has 0 heterocycles. The normalized spacial score (nSPS) is 11.9. The van der Waals surface area contributed by atoms with Crippen LogP contribution in [-0.4, -0.2) is 28.7 Å². The Balaban J connectivity index is 2.66. The van der Waals surface area contributed by atoms with E-state index in [-0.39, 0.29) is 12.2 Å². The summed E-state index contributed by atoms with van der Waals surface area (Å²) in [5.41, 5.74) is -0.0759. The van der Waals surface area contributed by atoms with Crippen LogP contribution < -0.4 is 5.32 Å². The number of hydrogen-bond donors (Lipinski definition) is 3. The maximum absolute atomic E-state index is 13.2. The van der Waals surface area contributed by atoms with E-state index in [1.807, 2.05) is 0 Å². The fraction of sp³-hybridized carbons (Fsp3) is 0.273. The molecule has 98 valence electrons. The number of anilines is 1. The highest BCUT2D eigenvalue weighted by molar-refractivity contribution is 5.78. The van der Waals surface area contributed by atoms with Crippen molar-refractivity contribution in [1.29, 1.82) is 0 Å². The van der Waals surface area contributed by atoms with Gasteiger partial charge in [-0.15, -0.1) is 0 Å². The van der Waals surface area contributed by atoms with Crippen LogP contribution in [0.5, 0.6) is 0 Å². The second-order valence-electron chi connectivity index (χ2n) is 3.64. The molecule has 0 spiro atoms. The predicted octanol–water partition coefficient (Wildman–Crippen LogP) is 1.55. The van der Waals surface area contributed by atoms with Gasteiger partial charge in [0.25, 0.3) is 0 Å². The summed E-state index contributed by atoms with van der Waals surface area (Å²) < 4.78 is 25.8. The lowest BCUT2D eigenvalue weighted by atomic mass is 10.1. The third kappa shape index (κ3) is 4.00. The number of rotatable bonds is 6. The Bertz CT molecular complexity index is 464. The van der Waals surface area contributed by atoms with Crippen LogP contribution in [0.1, 0.15) is 6.42 Å². The number of carboxylic acids is 2. The first-order valence-electron chi connectivity index (χ1n) is 5.03. The quantitative estimate of drug-likeness (QED) is 0.721. The largest absolute Gasteiger partial charge is 0.481 e. The summed E-state index contributed by atoms with van der Waals surface area (Å²) in [5.74, 6) is -5.36. The summed E-state index contributed by atoms with van der Waals surface area (Å²) in [6.45, 7) is -0.260. The molecule has 0 saturated heterocycles. The van der Waals surface area contributed by atoms with Gasteiger partial charge in [-0.25, -0.2) is 8.78 Å². The second-order valence-corrected chi connectivity index (χ2v) is 3.64. The molecule has 1 unspecified atom stereocenters. The Hall–Kier alpha value is -2.18. The molecule has 0 aromatic heterocycles. The first kappa shape index (κ1) is 13.9. The van der Waals surface area contributed by atoms with Crippen molar-refractivity contribution >= 4 is 17.6 Å². The molecule has 3 N–H and O–H groups in total. The topological polar surface area (TPSA) is 86.6 Å². The maximum Gasteiger partial charge on any atom is 0.308 e. The molecule has 7 heteroatoms. The first-order valence-corrected chi connectivity index (χ1v) is 5.03. The Morgan fingerprint density at radius 2 is 1.94 bits per heavy atom. The maximum atomic E-state index is 13.2. The Labute approximate surface area is 101 Å². The number of nitrogens with one attached hydrogen (secondary N) is 1. The summed E-state index contributed by atoms with van der Waals surface area (Å²) in [6, 6.07) is 2.78. The molecule has 1 aromatic carbocycles. The minimum absolute atomic E-state index is 0.0759. The lowest BCUT2D eigenvalue weighted by Gasteiger charge is -2.12.